The average Bonchev–Trinajstić information content (AvgIpc) is 2.78. The maximum absolute atomic E-state index is 11.7. The monoisotopic (exact) mass is 229 g/mol. The lowest BCUT2D eigenvalue weighted by molar-refractivity contribution is 0.0943. The second kappa shape index (κ2) is 4.82. The Labute approximate surface area is 100 Å². The first-order valence-corrected chi connectivity index (χ1v) is 5.58. The highest BCUT2D eigenvalue weighted by Crippen LogP contribution is 2.07. The fourth-order valence-electron chi connectivity index (χ4n) is 1.51. The van der Waals surface area contributed by atoms with E-state index in [1.807, 2.05) is 44.2 Å². The maximum atomic E-state index is 11.7. The van der Waals surface area contributed by atoms with Crippen molar-refractivity contribution in [2.75, 3.05) is 0 Å². The highest BCUT2D eigenvalue weighted by Gasteiger charge is 2.09. The molecule has 0 unspecified atom stereocenters. The quantitative estimate of drug-likeness (QED) is 0.875. The van der Waals surface area contributed by atoms with Crippen molar-refractivity contribution in [2.45, 2.75) is 19.9 Å². The van der Waals surface area contributed by atoms with Crippen LogP contribution in [0.1, 0.15) is 24.2 Å². The molecule has 4 nitrogen and oxygen atoms in total. The molecule has 0 spiro atoms. The van der Waals surface area contributed by atoms with Crippen molar-refractivity contribution >= 4 is 5.91 Å². The van der Waals surface area contributed by atoms with Gasteiger partial charge in [0.2, 0.25) is 0 Å². The van der Waals surface area contributed by atoms with Crippen molar-refractivity contribution in [3.63, 3.8) is 0 Å². The van der Waals surface area contributed by atoms with Crippen LogP contribution in [0.4, 0.5) is 0 Å². The Morgan fingerprint density at radius 3 is 2.65 bits per heavy atom. The van der Waals surface area contributed by atoms with Gasteiger partial charge in [-0.1, -0.05) is 18.2 Å². The molecular formula is C13H15N3O. The summed E-state index contributed by atoms with van der Waals surface area (Å²) in [6.07, 6.45) is 3.30. The maximum Gasteiger partial charge on any atom is 0.254 e. The van der Waals surface area contributed by atoms with Crippen LogP contribution >= 0.6 is 0 Å². The Kier molecular flexibility index (Phi) is 3.23. The number of carbonyl (C=O) groups excluding carboxylic acids is 1. The summed E-state index contributed by atoms with van der Waals surface area (Å²) in [6.45, 7) is 3.86. The molecule has 0 aliphatic rings. The molecule has 17 heavy (non-hydrogen) atoms. The Morgan fingerprint density at radius 1 is 1.29 bits per heavy atom. The molecule has 2 rings (SSSR count). The molecule has 1 N–H and O–H groups in total. The number of para-hydroxylation sites is 1. The molecule has 0 aliphatic heterocycles. The lowest BCUT2D eigenvalue weighted by Crippen LogP contribution is -2.29. The molecule has 0 fully saturated rings. The zero-order valence-electron chi connectivity index (χ0n) is 9.92. The van der Waals surface area contributed by atoms with Crippen LogP contribution in [-0.2, 0) is 0 Å². The number of benzene rings is 1. The van der Waals surface area contributed by atoms with Crippen LogP contribution in [0.3, 0.4) is 0 Å². The highest BCUT2D eigenvalue weighted by molar-refractivity contribution is 5.93. The standard InChI is InChI=1S/C13H15N3O/c1-10(2)15-13(17)11-8-14-16(9-11)12-6-4-3-5-7-12/h3-10H,1-2H3,(H,15,17). The molecule has 0 radical (unpaired) electrons. The molecule has 1 aromatic carbocycles. The number of amides is 1. The molecule has 2 aromatic rings. The minimum atomic E-state index is -0.0952. The predicted molar refractivity (Wildman–Crippen MR) is 66.2 cm³/mol. The summed E-state index contributed by atoms with van der Waals surface area (Å²) in [5.41, 5.74) is 1.51. The smallest absolute Gasteiger partial charge is 0.254 e. The zero-order chi connectivity index (χ0) is 12.3. The van der Waals surface area contributed by atoms with E-state index in [1.165, 1.54) is 0 Å². The van der Waals surface area contributed by atoms with Gasteiger partial charge in [0.15, 0.2) is 0 Å². The minimum absolute atomic E-state index is 0.0952. The summed E-state index contributed by atoms with van der Waals surface area (Å²) in [5, 5.41) is 7.00. The van der Waals surface area contributed by atoms with Crippen molar-refractivity contribution in [3.05, 3.63) is 48.3 Å². The number of carbonyl (C=O) groups is 1. The second-order valence-corrected chi connectivity index (χ2v) is 4.14. The first-order chi connectivity index (χ1) is 8.16. The normalized spacial score (nSPS) is 10.5. The number of nitrogens with one attached hydrogen (secondary N) is 1. The van der Waals surface area contributed by atoms with Crippen molar-refractivity contribution in [3.8, 4) is 5.69 Å². The molecule has 0 saturated carbocycles. The molecule has 0 bridgehead atoms. The predicted octanol–water partition coefficient (Wildman–Crippen LogP) is 2.01. The summed E-state index contributed by atoms with van der Waals surface area (Å²) in [4.78, 5) is 11.7. The van der Waals surface area contributed by atoms with Crippen LogP contribution in [0.2, 0.25) is 0 Å². The van der Waals surface area contributed by atoms with Crippen molar-refractivity contribution in [1.82, 2.24) is 15.1 Å². The van der Waals surface area contributed by atoms with Gasteiger partial charge in [-0.05, 0) is 26.0 Å². The summed E-state index contributed by atoms with van der Waals surface area (Å²) in [7, 11) is 0. The summed E-state index contributed by atoms with van der Waals surface area (Å²) in [5.74, 6) is -0.0952. The third-order valence-corrected chi connectivity index (χ3v) is 2.29. The van der Waals surface area contributed by atoms with Gasteiger partial charge in [-0.25, -0.2) is 4.68 Å². The van der Waals surface area contributed by atoms with Gasteiger partial charge >= 0.3 is 0 Å². The Morgan fingerprint density at radius 2 is 2.00 bits per heavy atom. The fourth-order valence-corrected chi connectivity index (χ4v) is 1.51. The van der Waals surface area contributed by atoms with Crippen molar-refractivity contribution in [1.29, 1.82) is 0 Å². The third kappa shape index (κ3) is 2.72. The Balaban J connectivity index is 2.19. The van der Waals surface area contributed by atoms with E-state index in [-0.39, 0.29) is 11.9 Å². The number of aromatic nitrogens is 2. The molecule has 4 heteroatoms. The minimum Gasteiger partial charge on any atom is -0.350 e. The molecule has 1 amide bonds. The molecule has 0 atom stereocenters. The van der Waals surface area contributed by atoms with Crippen LogP contribution in [0, 0.1) is 0 Å². The van der Waals surface area contributed by atoms with E-state index >= 15 is 0 Å². The number of nitrogens with zero attached hydrogens (tertiary/aromatic N) is 2. The molecule has 0 aliphatic carbocycles. The summed E-state index contributed by atoms with van der Waals surface area (Å²) in [6, 6.07) is 9.83. The SMILES string of the molecule is CC(C)NC(=O)c1cnn(-c2ccccc2)c1. The van der Waals surface area contributed by atoms with Crippen molar-refractivity contribution < 1.29 is 4.79 Å². The fraction of sp³-hybridized carbons (Fsp3) is 0.231. The van der Waals surface area contributed by atoms with E-state index in [4.69, 9.17) is 0 Å². The largest absolute Gasteiger partial charge is 0.350 e. The van der Waals surface area contributed by atoms with Gasteiger partial charge in [-0.3, -0.25) is 4.79 Å². The van der Waals surface area contributed by atoms with Gasteiger partial charge in [-0.2, -0.15) is 5.10 Å². The first-order valence-electron chi connectivity index (χ1n) is 5.58. The van der Waals surface area contributed by atoms with Gasteiger partial charge in [0.05, 0.1) is 17.4 Å². The van der Waals surface area contributed by atoms with Crippen LogP contribution in [0.5, 0.6) is 0 Å². The highest BCUT2D eigenvalue weighted by atomic mass is 16.1. The van der Waals surface area contributed by atoms with Crippen LogP contribution in [0.15, 0.2) is 42.7 Å². The van der Waals surface area contributed by atoms with E-state index in [0.717, 1.165) is 5.69 Å². The molecule has 1 heterocycles. The number of hydrogen-bond donors (Lipinski definition) is 1. The number of hydrogen-bond acceptors (Lipinski definition) is 2. The van der Waals surface area contributed by atoms with Crippen LogP contribution in [-0.4, -0.2) is 21.7 Å². The molecule has 88 valence electrons. The number of rotatable bonds is 3. The molecule has 0 saturated heterocycles. The lowest BCUT2D eigenvalue weighted by atomic mass is 10.3. The van der Waals surface area contributed by atoms with Gasteiger partial charge in [-0.15, -0.1) is 0 Å². The Bertz CT molecular complexity index is 502. The van der Waals surface area contributed by atoms with Gasteiger partial charge in [0.25, 0.3) is 5.91 Å². The van der Waals surface area contributed by atoms with Crippen molar-refractivity contribution in [2.24, 2.45) is 0 Å². The average molecular weight is 229 g/mol. The first kappa shape index (κ1) is 11.4. The van der Waals surface area contributed by atoms with E-state index < -0.39 is 0 Å². The second-order valence-electron chi connectivity index (χ2n) is 4.14. The van der Waals surface area contributed by atoms with Gasteiger partial charge in [0, 0.05) is 12.2 Å². The topological polar surface area (TPSA) is 46.9 Å². The van der Waals surface area contributed by atoms with E-state index in [9.17, 15) is 4.79 Å². The van der Waals surface area contributed by atoms with Crippen LogP contribution < -0.4 is 5.32 Å². The van der Waals surface area contributed by atoms with Gasteiger partial charge in [0.1, 0.15) is 0 Å². The van der Waals surface area contributed by atoms with E-state index in [1.54, 1.807) is 17.1 Å². The lowest BCUT2D eigenvalue weighted by Gasteiger charge is -2.05. The molecule has 1 aromatic heterocycles. The van der Waals surface area contributed by atoms with Crippen LogP contribution in [0.25, 0.3) is 5.69 Å². The summed E-state index contributed by atoms with van der Waals surface area (Å²) >= 11 is 0. The van der Waals surface area contributed by atoms with E-state index in [2.05, 4.69) is 10.4 Å². The van der Waals surface area contributed by atoms with Gasteiger partial charge < -0.3 is 5.32 Å². The Hall–Kier alpha value is -2.10. The zero-order valence-corrected chi connectivity index (χ0v) is 9.92. The summed E-state index contributed by atoms with van der Waals surface area (Å²) < 4.78 is 1.69. The van der Waals surface area contributed by atoms with E-state index in [0.29, 0.717) is 5.56 Å². The third-order valence-electron chi connectivity index (χ3n) is 2.29. The molecular weight excluding hydrogens is 214 g/mol.